The number of benzene rings is 2. The normalized spacial score (nSPS) is 17.3. The van der Waals surface area contributed by atoms with Crippen LogP contribution in [0.25, 0.3) is 0 Å². The van der Waals surface area contributed by atoms with Crippen molar-refractivity contribution in [1.82, 2.24) is 10.6 Å². The van der Waals surface area contributed by atoms with E-state index in [0.29, 0.717) is 13.2 Å². The number of ether oxygens (including phenoxy) is 2. The third-order valence-corrected chi connectivity index (χ3v) is 5.01. The third-order valence-electron chi connectivity index (χ3n) is 4.02. The zero-order chi connectivity index (χ0) is 17.2. The van der Waals surface area contributed by atoms with Crippen molar-refractivity contribution in [3.8, 4) is 11.5 Å². The lowest BCUT2D eigenvalue weighted by Gasteiger charge is -2.14. The van der Waals surface area contributed by atoms with Crippen LogP contribution in [0.15, 0.2) is 48.5 Å². The molecular weight excluding hydrogens is 332 g/mol. The summed E-state index contributed by atoms with van der Waals surface area (Å²) in [5, 5.41) is 6.99. The van der Waals surface area contributed by atoms with Crippen molar-refractivity contribution in [3.05, 3.63) is 59.7 Å². The summed E-state index contributed by atoms with van der Waals surface area (Å²) in [6, 6.07) is 16.4. The molecule has 1 aliphatic heterocycles. The maximum atomic E-state index is 5.94. The molecule has 1 aliphatic rings. The van der Waals surface area contributed by atoms with Gasteiger partial charge < -0.3 is 20.1 Å². The Morgan fingerprint density at radius 3 is 1.68 bits per heavy atom. The second-order valence-corrected chi connectivity index (χ2v) is 7.10. The molecule has 3 rings (SSSR count). The highest BCUT2D eigenvalue weighted by Gasteiger charge is 2.06. The summed E-state index contributed by atoms with van der Waals surface area (Å²) in [6.07, 6.45) is 0. The fourth-order valence-corrected chi connectivity index (χ4v) is 3.50. The van der Waals surface area contributed by atoms with E-state index in [4.69, 9.17) is 9.47 Å². The van der Waals surface area contributed by atoms with Crippen molar-refractivity contribution in [2.45, 2.75) is 13.1 Å². The summed E-state index contributed by atoms with van der Waals surface area (Å²) in [4.78, 5) is 0. The molecule has 25 heavy (non-hydrogen) atoms. The van der Waals surface area contributed by atoms with Crippen LogP contribution in [0.2, 0.25) is 0 Å². The number of fused-ring (bicyclic) bond motifs is 2. The van der Waals surface area contributed by atoms with Gasteiger partial charge in [-0.1, -0.05) is 36.4 Å². The van der Waals surface area contributed by atoms with E-state index in [-0.39, 0.29) is 0 Å². The molecule has 0 saturated heterocycles. The largest absolute Gasteiger partial charge is 0.490 e. The van der Waals surface area contributed by atoms with E-state index in [0.717, 1.165) is 49.2 Å². The molecule has 0 fully saturated rings. The maximum Gasteiger partial charge on any atom is 0.123 e. The molecule has 0 unspecified atom stereocenters. The van der Waals surface area contributed by atoms with E-state index in [9.17, 15) is 0 Å². The minimum absolute atomic E-state index is 0.536. The molecule has 134 valence electrons. The highest BCUT2D eigenvalue weighted by molar-refractivity contribution is 7.99. The molecule has 0 saturated carbocycles. The van der Waals surface area contributed by atoms with Crippen LogP contribution in [-0.2, 0) is 13.1 Å². The van der Waals surface area contributed by atoms with Crippen LogP contribution < -0.4 is 20.1 Å². The van der Waals surface area contributed by atoms with E-state index < -0.39 is 0 Å². The average Bonchev–Trinajstić information content (AvgIpc) is 2.65. The third kappa shape index (κ3) is 5.96. The molecule has 2 aromatic carbocycles. The van der Waals surface area contributed by atoms with Crippen LogP contribution in [-0.4, -0.2) is 37.8 Å². The lowest BCUT2D eigenvalue weighted by molar-refractivity contribution is 0.214. The predicted molar refractivity (Wildman–Crippen MR) is 105 cm³/mol. The van der Waals surface area contributed by atoms with Gasteiger partial charge in [-0.25, -0.2) is 0 Å². The molecule has 0 bridgehead atoms. The standard InChI is InChI=1S/C20H26N2O2S/c1-3-7-19-17(5-1)15-21-9-13-25-14-10-22-16-18-6-2-4-8-20(18)24-12-11-23-19/h1-8,21-22H,9-16H2. The molecule has 5 heteroatoms. The second-order valence-electron chi connectivity index (χ2n) is 5.88. The Morgan fingerprint density at radius 1 is 0.680 bits per heavy atom. The zero-order valence-electron chi connectivity index (χ0n) is 14.5. The Balaban J connectivity index is 1.64. The predicted octanol–water partition coefficient (Wildman–Crippen LogP) is 3.07. The molecule has 1 heterocycles. The van der Waals surface area contributed by atoms with Gasteiger partial charge in [0.05, 0.1) is 0 Å². The summed E-state index contributed by atoms with van der Waals surface area (Å²) in [5.41, 5.74) is 2.39. The van der Waals surface area contributed by atoms with Crippen LogP contribution >= 0.6 is 11.8 Å². The van der Waals surface area contributed by atoms with Crippen molar-refractivity contribution >= 4 is 11.8 Å². The first-order valence-corrected chi connectivity index (χ1v) is 9.99. The molecule has 2 aromatic rings. The topological polar surface area (TPSA) is 42.5 Å². The van der Waals surface area contributed by atoms with Gasteiger partial charge in [0.2, 0.25) is 0 Å². The first-order chi connectivity index (χ1) is 12.4. The van der Waals surface area contributed by atoms with Crippen molar-refractivity contribution in [1.29, 1.82) is 0 Å². The van der Waals surface area contributed by atoms with Gasteiger partial charge in [0.1, 0.15) is 24.7 Å². The second kappa shape index (κ2) is 10.3. The Bertz CT molecular complexity index is 596. The lowest BCUT2D eigenvalue weighted by atomic mass is 10.2. The van der Waals surface area contributed by atoms with Crippen LogP contribution in [0.3, 0.4) is 0 Å². The summed E-state index contributed by atoms with van der Waals surface area (Å²) in [7, 11) is 0. The molecule has 0 amide bonds. The van der Waals surface area contributed by atoms with E-state index in [2.05, 4.69) is 34.9 Å². The fourth-order valence-electron chi connectivity index (χ4n) is 2.72. The van der Waals surface area contributed by atoms with Crippen LogP contribution in [0, 0.1) is 0 Å². The van der Waals surface area contributed by atoms with Crippen molar-refractivity contribution < 1.29 is 9.47 Å². The van der Waals surface area contributed by atoms with Gasteiger partial charge in [0.25, 0.3) is 0 Å². The van der Waals surface area contributed by atoms with E-state index in [1.807, 2.05) is 36.0 Å². The van der Waals surface area contributed by atoms with E-state index in [1.54, 1.807) is 0 Å². The summed E-state index contributed by atoms with van der Waals surface area (Å²) >= 11 is 1.97. The lowest BCUT2D eigenvalue weighted by Crippen LogP contribution is -2.19. The number of hydrogen-bond donors (Lipinski definition) is 2. The van der Waals surface area contributed by atoms with Gasteiger partial charge in [-0.15, -0.1) is 0 Å². The highest BCUT2D eigenvalue weighted by atomic mass is 32.2. The number of hydrogen-bond acceptors (Lipinski definition) is 5. The fraction of sp³-hybridized carbons (Fsp3) is 0.400. The van der Waals surface area contributed by atoms with Crippen LogP contribution in [0.4, 0.5) is 0 Å². The van der Waals surface area contributed by atoms with E-state index in [1.165, 1.54) is 11.1 Å². The molecule has 2 N–H and O–H groups in total. The van der Waals surface area contributed by atoms with Gasteiger partial charge >= 0.3 is 0 Å². The van der Waals surface area contributed by atoms with Gasteiger partial charge in [-0.3, -0.25) is 0 Å². The smallest absolute Gasteiger partial charge is 0.123 e. The molecular formula is C20H26N2O2S. The molecule has 0 atom stereocenters. The van der Waals surface area contributed by atoms with Crippen molar-refractivity contribution in [3.63, 3.8) is 0 Å². The van der Waals surface area contributed by atoms with E-state index >= 15 is 0 Å². The molecule has 0 aliphatic carbocycles. The van der Waals surface area contributed by atoms with Crippen LogP contribution in [0.1, 0.15) is 11.1 Å². The number of thioether (sulfide) groups is 1. The monoisotopic (exact) mass is 358 g/mol. The summed E-state index contributed by atoms with van der Waals surface area (Å²) in [6.45, 7) is 4.75. The minimum Gasteiger partial charge on any atom is -0.490 e. The Kier molecular flexibility index (Phi) is 7.49. The van der Waals surface area contributed by atoms with Gasteiger partial charge in [0, 0.05) is 48.8 Å². The van der Waals surface area contributed by atoms with Crippen LogP contribution in [0.5, 0.6) is 11.5 Å². The molecule has 0 spiro atoms. The highest BCUT2D eigenvalue weighted by Crippen LogP contribution is 2.20. The van der Waals surface area contributed by atoms with Crippen molar-refractivity contribution in [2.24, 2.45) is 0 Å². The Labute approximate surface area is 154 Å². The first-order valence-electron chi connectivity index (χ1n) is 8.84. The summed E-state index contributed by atoms with van der Waals surface area (Å²) < 4.78 is 11.9. The van der Waals surface area contributed by atoms with Gasteiger partial charge in [0.15, 0.2) is 0 Å². The quantitative estimate of drug-likeness (QED) is 0.758. The Morgan fingerprint density at radius 2 is 1.16 bits per heavy atom. The Hall–Kier alpha value is -1.69. The minimum atomic E-state index is 0.536. The number of para-hydroxylation sites is 2. The molecule has 4 nitrogen and oxygen atoms in total. The van der Waals surface area contributed by atoms with Gasteiger partial charge in [-0.2, -0.15) is 11.8 Å². The SMILES string of the molecule is c1ccc2c(c1)CNCCSCCNCc1ccccc1OCCO2. The first kappa shape index (κ1) is 18.1. The van der Waals surface area contributed by atoms with Gasteiger partial charge in [-0.05, 0) is 12.1 Å². The number of nitrogens with one attached hydrogen (secondary N) is 2. The number of rotatable bonds is 0. The zero-order valence-corrected chi connectivity index (χ0v) is 15.3. The van der Waals surface area contributed by atoms with Crippen molar-refractivity contribution in [2.75, 3.05) is 37.8 Å². The average molecular weight is 359 g/mol. The maximum absolute atomic E-state index is 5.94. The molecule has 0 radical (unpaired) electrons. The summed E-state index contributed by atoms with van der Waals surface area (Å²) in [5.74, 6) is 4.10. The molecule has 0 aromatic heterocycles.